The van der Waals surface area contributed by atoms with Gasteiger partial charge in [-0.15, -0.1) is 6.42 Å². The highest BCUT2D eigenvalue weighted by Crippen LogP contribution is 2.35. The van der Waals surface area contributed by atoms with E-state index in [1.54, 1.807) is 10.2 Å². The topological polar surface area (TPSA) is 61.4 Å². The first-order valence-electron chi connectivity index (χ1n) is 7.70. The van der Waals surface area contributed by atoms with Crippen LogP contribution in [0.3, 0.4) is 0 Å². The normalized spacial score (nSPS) is 16.2. The van der Waals surface area contributed by atoms with Gasteiger partial charge in [-0.1, -0.05) is 30.2 Å². The summed E-state index contributed by atoms with van der Waals surface area (Å²) in [5.41, 5.74) is 2.25. The van der Waals surface area contributed by atoms with Crippen LogP contribution in [0.1, 0.15) is 23.6 Å². The fourth-order valence-corrected chi connectivity index (χ4v) is 2.88. The van der Waals surface area contributed by atoms with Gasteiger partial charge < -0.3 is 5.32 Å². The number of rotatable bonds is 5. The molecule has 2 rings (SSSR count). The Bertz CT molecular complexity index is 682. The zero-order valence-electron chi connectivity index (χ0n) is 13.4. The van der Waals surface area contributed by atoms with E-state index in [-0.39, 0.29) is 19.1 Å². The molecule has 1 aromatic rings. The Morgan fingerprint density at radius 1 is 1.32 bits per heavy atom. The zero-order chi connectivity index (χ0) is 18.4. The van der Waals surface area contributed by atoms with Crippen LogP contribution in [-0.4, -0.2) is 42.6 Å². The Hall–Kier alpha value is -2.53. The molecule has 0 unspecified atom stereocenters. The molecular formula is C17H18F3N3O2. The molecule has 25 heavy (non-hydrogen) atoms. The second-order valence-electron chi connectivity index (χ2n) is 5.71. The van der Waals surface area contributed by atoms with Gasteiger partial charge in [-0.3, -0.25) is 15.0 Å². The summed E-state index contributed by atoms with van der Waals surface area (Å²) in [4.78, 5) is 25.1. The van der Waals surface area contributed by atoms with Crippen molar-refractivity contribution in [1.29, 1.82) is 0 Å². The minimum atomic E-state index is -4.54. The number of aryl methyl sites for hydroxylation is 1. The van der Waals surface area contributed by atoms with Gasteiger partial charge in [-0.25, -0.2) is 4.79 Å². The third-order valence-corrected chi connectivity index (χ3v) is 3.89. The largest absolute Gasteiger partial charge is 0.405 e. The predicted octanol–water partition coefficient (Wildman–Crippen LogP) is 2.00. The number of hydrogen-bond acceptors (Lipinski definition) is 3. The van der Waals surface area contributed by atoms with Crippen molar-refractivity contribution in [3.8, 4) is 12.3 Å². The third-order valence-electron chi connectivity index (χ3n) is 3.89. The number of fused-ring (bicyclic) bond motifs is 1. The van der Waals surface area contributed by atoms with Gasteiger partial charge in [0.2, 0.25) is 5.91 Å². The average Bonchev–Trinajstić information content (AvgIpc) is 2.96. The van der Waals surface area contributed by atoms with Crippen LogP contribution in [0.5, 0.6) is 0 Å². The van der Waals surface area contributed by atoms with Crippen LogP contribution in [0.25, 0.3) is 0 Å². The SMILES string of the molecule is C#CCN(CC(=O)NC(=O)NCC(F)(F)F)[C@@H]1CCc2ccccc21. The first-order chi connectivity index (χ1) is 11.8. The van der Waals surface area contributed by atoms with E-state index in [1.807, 2.05) is 29.6 Å². The molecule has 1 atom stereocenters. The van der Waals surface area contributed by atoms with Gasteiger partial charge in [0.25, 0.3) is 0 Å². The maximum absolute atomic E-state index is 12.1. The van der Waals surface area contributed by atoms with Crippen molar-refractivity contribution in [1.82, 2.24) is 15.5 Å². The average molecular weight is 353 g/mol. The smallest absolute Gasteiger partial charge is 0.329 e. The molecular weight excluding hydrogens is 335 g/mol. The lowest BCUT2D eigenvalue weighted by molar-refractivity contribution is -0.125. The number of terminal acetylenes is 1. The lowest BCUT2D eigenvalue weighted by atomic mass is 10.1. The summed E-state index contributed by atoms with van der Waals surface area (Å²) >= 11 is 0. The lowest BCUT2D eigenvalue weighted by Gasteiger charge is -2.27. The van der Waals surface area contributed by atoms with E-state index < -0.39 is 24.7 Å². The molecule has 0 fully saturated rings. The molecule has 1 aliphatic rings. The number of hydrogen-bond donors (Lipinski definition) is 2. The second-order valence-corrected chi connectivity index (χ2v) is 5.71. The lowest BCUT2D eigenvalue weighted by Crippen LogP contribution is -2.47. The molecule has 5 nitrogen and oxygen atoms in total. The first-order valence-corrected chi connectivity index (χ1v) is 7.70. The fraction of sp³-hybridized carbons (Fsp3) is 0.412. The summed E-state index contributed by atoms with van der Waals surface area (Å²) in [6.07, 6.45) is 2.47. The van der Waals surface area contributed by atoms with Gasteiger partial charge in [0, 0.05) is 6.04 Å². The standard InChI is InChI=1S/C17H18F3N3O2/c1-2-9-23(14-8-7-12-5-3-4-6-13(12)14)10-15(24)22-16(25)21-11-17(18,19)20/h1,3-6,14H,7-11H2,(H2,21,22,24,25)/t14-/m1/s1. The van der Waals surface area contributed by atoms with Gasteiger partial charge in [0.05, 0.1) is 13.1 Å². The highest BCUT2D eigenvalue weighted by molar-refractivity contribution is 5.95. The van der Waals surface area contributed by atoms with Crippen molar-refractivity contribution in [2.24, 2.45) is 0 Å². The molecule has 2 N–H and O–H groups in total. The molecule has 0 aliphatic heterocycles. The first kappa shape index (κ1) is 18.8. The molecule has 1 aliphatic carbocycles. The molecule has 0 aromatic heterocycles. The van der Waals surface area contributed by atoms with E-state index in [2.05, 4.69) is 5.92 Å². The highest BCUT2D eigenvalue weighted by atomic mass is 19.4. The number of urea groups is 1. The molecule has 0 radical (unpaired) electrons. The van der Waals surface area contributed by atoms with Crippen LogP contribution in [0, 0.1) is 12.3 Å². The van der Waals surface area contributed by atoms with Crippen LogP contribution < -0.4 is 10.6 Å². The number of amides is 3. The molecule has 0 saturated carbocycles. The van der Waals surface area contributed by atoms with E-state index in [1.165, 1.54) is 5.56 Å². The van der Waals surface area contributed by atoms with Gasteiger partial charge in [-0.2, -0.15) is 13.2 Å². The monoisotopic (exact) mass is 353 g/mol. The fourth-order valence-electron chi connectivity index (χ4n) is 2.88. The molecule has 8 heteroatoms. The van der Waals surface area contributed by atoms with Crippen molar-refractivity contribution in [3.05, 3.63) is 35.4 Å². The Labute approximate surface area is 143 Å². The van der Waals surface area contributed by atoms with E-state index >= 15 is 0 Å². The summed E-state index contributed by atoms with van der Waals surface area (Å²) in [5, 5.41) is 3.48. The van der Waals surface area contributed by atoms with Gasteiger partial charge >= 0.3 is 12.2 Å². The van der Waals surface area contributed by atoms with Crippen molar-refractivity contribution < 1.29 is 22.8 Å². The Kier molecular flexibility index (Phi) is 6.04. The number of nitrogens with zero attached hydrogens (tertiary/aromatic N) is 1. The molecule has 0 heterocycles. The maximum atomic E-state index is 12.1. The molecule has 134 valence electrons. The van der Waals surface area contributed by atoms with Crippen LogP contribution in [0.4, 0.5) is 18.0 Å². The summed E-state index contributed by atoms with van der Waals surface area (Å²) in [6, 6.07) is 6.56. The summed E-state index contributed by atoms with van der Waals surface area (Å²) in [7, 11) is 0. The number of imide groups is 1. The van der Waals surface area contributed by atoms with E-state index in [9.17, 15) is 22.8 Å². The zero-order valence-corrected chi connectivity index (χ0v) is 13.4. The summed E-state index contributed by atoms with van der Waals surface area (Å²) < 4.78 is 36.2. The number of alkyl halides is 3. The van der Waals surface area contributed by atoms with Gasteiger partial charge in [0.1, 0.15) is 6.54 Å². The third kappa shape index (κ3) is 5.50. The highest BCUT2D eigenvalue weighted by Gasteiger charge is 2.30. The molecule has 0 bridgehead atoms. The molecule has 1 aromatic carbocycles. The summed E-state index contributed by atoms with van der Waals surface area (Å²) in [5.74, 6) is 1.77. The minimum absolute atomic E-state index is 0.0590. The Morgan fingerprint density at radius 3 is 2.72 bits per heavy atom. The number of carbonyl (C=O) groups excluding carboxylic acids is 2. The van der Waals surface area contributed by atoms with E-state index in [0.717, 1.165) is 18.4 Å². The summed E-state index contributed by atoms with van der Waals surface area (Å²) in [6.45, 7) is -1.49. The number of carbonyl (C=O) groups is 2. The number of nitrogens with one attached hydrogen (secondary N) is 2. The number of benzene rings is 1. The van der Waals surface area contributed by atoms with Crippen molar-refractivity contribution in [2.45, 2.75) is 25.1 Å². The Morgan fingerprint density at radius 2 is 2.04 bits per heavy atom. The number of halogens is 3. The molecule has 0 saturated heterocycles. The minimum Gasteiger partial charge on any atom is -0.329 e. The molecule has 3 amide bonds. The van der Waals surface area contributed by atoms with Crippen LogP contribution in [-0.2, 0) is 11.2 Å². The van der Waals surface area contributed by atoms with Crippen LogP contribution >= 0.6 is 0 Å². The molecule has 0 spiro atoms. The van der Waals surface area contributed by atoms with Gasteiger partial charge in [0.15, 0.2) is 0 Å². The van der Waals surface area contributed by atoms with Crippen molar-refractivity contribution >= 4 is 11.9 Å². The van der Waals surface area contributed by atoms with Crippen LogP contribution in [0.2, 0.25) is 0 Å². The predicted molar refractivity (Wildman–Crippen MR) is 85.5 cm³/mol. The van der Waals surface area contributed by atoms with Gasteiger partial charge in [-0.05, 0) is 24.0 Å². The second kappa shape index (κ2) is 8.03. The van der Waals surface area contributed by atoms with E-state index in [0.29, 0.717) is 0 Å². The van der Waals surface area contributed by atoms with E-state index in [4.69, 9.17) is 6.42 Å². The van der Waals surface area contributed by atoms with Crippen LogP contribution in [0.15, 0.2) is 24.3 Å². The Balaban J connectivity index is 1.95. The maximum Gasteiger partial charge on any atom is 0.405 e. The quantitative estimate of drug-likeness (QED) is 0.796. The van der Waals surface area contributed by atoms with Crippen molar-refractivity contribution in [2.75, 3.05) is 19.6 Å². The van der Waals surface area contributed by atoms with Crippen molar-refractivity contribution in [3.63, 3.8) is 0 Å².